The van der Waals surface area contributed by atoms with Crippen LogP contribution in [0.15, 0.2) is 29.3 Å². The van der Waals surface area contributed by atoms with E-state index < -0.39 is 12.6 Å². The van der Waals surface area contributed by atoms with Crippen LogP contribution in [0.1, 0.15) is 22.3 Å². The fraction of sp³-hybridized carbons (Fsp3) is 0.467. The van der Waals surface area contributed by atoms with Crippen molar-refractivity contribution in [2.24, 2.45) is 4.99 Å². The van der Waals surface area contributed by atoms with Crippen LogP contribution in [0.4, 0.5) is 13.2 Å². The average molecular weight is 330 g/mol. The largest absolute Gasteiger partial charge is 0.390 e. The summed E-state index contributed by atoms with van der Waals surface area (Å²) in [6, 6.07) is 6.98. The van der Waals surface area contributed by atoms with Gasteiger partial charge in [0.1, 0.15) is 0 Å². The Labute approximate surface area is 133 Å². The van der Waals surface area contributed by atoms with Crippen molar-refractivity contribution in [3.8, 4) is 0 Å². The molecule has 0 radical (unpaired) electrons. The molecule has 0 saturated carbocycles. The quantitative estimate of drug-likeness (QED) is 0.641. The van der Waals surface area contributed by atoms with Gasteiger partial charge in [0.05, 0.1) is 6.42 Å². The number of alkyl halides is 3. The maximum Gasteiger partial charge on any atom is 0.390 e. The number of hydrogen-bond acceptors (Lipinski definition) is 2. The monoisotopic (exact) mass is 330 g/mol. The van der Waals surface area contributed by atoms with Gasteiger partial charge in [0.15, 0.2) is 5.96 Å². The summed E-state index contributed by atoms with van der Waals surface area (Å²) in [5.74, 6) is 0.205. The first-order chi connectivity index (χ1) is 10.7. The zero-order chi connectivity index (χ0) is 17.5. The molecular formula is C15H21F3N4O. The van der Waals surface area contributed by atoms with Crippen molar-refractivity contribution < 1.29 is 18.0 Å². The predicted molar refractivity (Wildman–Crippen MR) is 83.3 cm³/mol. The van der Waals surface area contributed by atoms with E-state index >= 15 is 0 Å². The molecule has 0 heterocycles. The normalized spacial score (nSPS) is 12.0. The molecule has 1 amide bonds. The average Bonchev–Trinajstić information content (AvgIpc) is 2.49. The fourth-order valence-electron chi connectivity index (χ4n) is 1.75. The van der Waals surface area contributed by atoms with E-state index in [4.69, 9.17) is 0 Å². The highest BCUT2D eigenvalue weighted by molar-refractivity contribution is 5.93. The summed E-state index contributed by atoms with van der Waals surface area (Å²) in [6.45, 7) is 0.154. The summed E-state index contributed by atoms with van der Waals surface area (Å²) in [5, 5.41) is 5.52. The summed E-state index contributed by atoms with van der Waals surface area (Å²) < 4.78 is 36.3. The molecule has 23 heavy (non-hydrogen) atoms. The SMILES string of the molecule is CN=C(NCCC(F)(F)F)NCc1ccc(C(=O)N(C)C)cc1. The molecule has 5 nitrogen and oxygen atoms in total. The van der Waals surface area contributed by atoms with Crippen LogP contribution in [0.3, 0.4) is 0 Å². The number of rotatable bonds is 5. The van der Waals surface area contributed by atoms with Crippen LogP contribution in [0.5, 0.6) is 0 Å². The van der Waals surface area contributed by atoms with Gasteiger partial charge in [-0.1, -0.05) is 12.1 Å². The Balaban J connectivity index is 2.48. The van der Waals surface area contributed by atoms with E-state index in [1.807, 2.05) is 0 Å². The molecule has 0 aromatic heterocycles. The first kappa shape index (κ1) is 18.8. The topological polar surface area (TPSA) is 56.7 Å². The highest BCUT2D eigenvalue weighted by Gasteiger charge is 2.26. The minimum absolute atomic E-state index is 0.0888. The Morgan fingerprint density at radius 3 is 2.26 bits per heavy atom. The number of nitrogens with one attached hydrogen (secondary N) is 2. The zero-order valence-electron chi connectivity index (χ0n) is 13.4. The Kier molecular flexibility index (Phi) is 6.87. The van der Waals surface area contributed by atoms with Crippen LogP contribution in [0.2, 0.25) is 0 Å². The molecule has 0 aliphatic heterocycles. The van der Waals surface area contributed by atoms with E-state index in [9.17, 15) is 18.0 Å². The van der Waals surface area contributed by atoms with Crippen LogP contribution in [-0.4, -0.2) is 50.6 Å². The van der Waals surface area contributed by atoms with Gasteiger partial charge in [-0.2, -0.15) is 13.2 Å². The maximum atomic E-state index is 12.1. The molecular weight excluding hydrogens is 309 g/mol. The van der Waals surface area contributed by atoms with Gasteiger partial charge in [-0.05, 0) is 17.7 Å². The second kappa shape index (κ2) is 8.40. The molecule has 0 unspecified atom stereocenters. The lowest BCUT2D eigenvalue weighted by molar-refractivity contribution is -0.132. The van der Waals surface area contributed by atoms with Gasteiger partial charge >= 0.3 is 6.18 Å². The van der Waals surface area contributed by atoms with Crippen LogP contribution >= 0.6 is 0 Å². The number of hydrogen-bond donors (Lipinski definition) is 2. The molecule has 128 valence electrons. The van der Waals surface area contributed by atoms with Crippen molar-refractivity contribution in [2.75, 3.05) is 27.7 Å². The van der Waals surface area contributed by atoms with Crippen molar-refractivity contribution in [3.05, 3.63) is 35.4 Å². The molecule has 0 spiro atoms. The van der Waals surface area contributed by atoms with Crippen molar-refractivity contribution in [1.29, 1.82) is 0 Å². The molecule has 1 aromatic carbocycles. The highest BCUT2D eigenvalue weighted by atomic mass is 19.4. The highest BCUT2D eigenvalue weighted by Crippen LogP contribution is 2.18. The number of benzene rings is 1. The third-order valence-corrected chi connectivity index (χ3v) is 2.99. The van der Waals surface area contributed by atoms with Gasteiger partial charge in [0.2, 0.25) is 0 Å². The van der Waals surface area contributed by atoms with E-state index in [0.29, 0.717) is 18.1 Å². The first-order valence-electron chi connectivity index (χ1n) is 7.05. The Bertz CT molecular complexity index is 539. The van der Waals surface area contributed by atoms with Crippen molar-refractivity contribution >= 4 is 11.9 Å². The van der Waals surface area contributed by atoms with Gasteiger partial charge in [0.25, 0.3) is 5.91 Å². The standard InChI is InChI=1S/C15H21F3N4O/c1-19-14(20-9-8-15(16,17)18)21-10-11-4-6-12(7-5-11)13(23)22(2)3/h4-7H,8-10H2,1-3H3,(H2,19,20,21). The van der Waals surface area contributed by atoms with E-state index in [1.54, 1.807) is 38.4 Å². The minimum Gasteiger partial charge on any atom is -0.356 e. The number of nitrogens with zero attached hydrogens (tertiary/aromatic N) is 2. The number of guanidine groups is 1. The van der Waals surface area contributed by atoms with E-state index in [0.717, 1.165) is 5.56 Å². The fourth-order valence-corrected chi connectivity index (χ4v) is 1.75. The first-order valence-corrected chi connectivity index (χ1v) is 7.05. The molecule has 0 bridgehead atoms. The van der Waals surface area contributed by atoms with Crippen LogP contribution in [0.25, 0.3) is 0 Å². The second-order valence-electron chi connectivity index (χ2n) is 5.11. The van der Waals surface area contributed by atoms with Gasteiger partial charge in [0, 0.05) is 39.8 Å². The van der Waals surface area contributed by atoms with Crippen molar-refractivity contribution in [3.63, 3.8) is 0 Å². The molecule has 2 N–H and O–H groups in total. The smallest absolute Gasteiger partial charge is 0.356 e. The zero-order valence-corrected chi connectivity index (χ0v) is 13.4. The van der Waals surface area contributed by atoms with Gasteiger partial charge in [-0.25, -0.2) is 0 Å². The lowest BCUT2D eigenvalue weighted by Crippen LogP contribution is -2.38. The molecule has 1 rings (SSSR count). The molecule has 0 aliphatic rings. The number of amides is 1. The van der Waals surface area contributed by atoms with Gasteiger partial charge < -0.3 is 15.5 Å². The van der Waals surface area contributed by atoms with Crippen molar-refractivity contribution in [2.45, 2.75) is 19.1 Å². The second-order valence-corrected chi connectivity index (χ2v) is 5.11. The van der Waals surface area contributed by atoms with Gasteiger partial charge in [-0.3, -0.25) is 9.79 Å². The summed E-state index contributed by atoms with van der Waals surface area (Å²) >= 11 is 0. The number of halogens is 3. The Morgan fingerprint density at radius 1 is 1.17 bits per heavy atom. The molecule has 8 heteroatoms. The lowest BCUT2D eigenvalue weighted by Gasteiger charge is -2.13. The third-order valence-electron chi connectivity index (χ3n) is 2.99. The summed E-state index contributed by atoms with van der Waals surface area (Å²) in [6.07, 6.45) is -5.12. The number of carbonyl (C=O) groups excluding carboxylic acids is 1. The third kappa shape index (κ3) is 7.03. The number of aliphatic imine (C=N–C) groups is 1. The minimum atomic E-state index is -4.19. The summed E-state index contributed by atoms with van der Waals surface area (Å²) in [5.41, 5.74) is 1.46. The molecule has 0 atom stereocenters. The molecule has 0 saturated heterocycles. The van der Waals surface area contributed by atoms with Crippen LogP contribution in [-0.2, 0) is 6.54 Å². The van der Waals surface area contributed by atoms with Crippen LogP contribution < -0.4 is 10.6 Å². The number of carbonyl (C=O) groups is 1. The molecule has 0 aliphatic carbocycles. The Morgan fingerprint density at radius 2 is 1.78 bits per heavy atom. The summed E-state index contributed by atoms with van der Waals surface area (Å²) in [7, 11) is 4.84. The lowest BCUT2D eigenvalue weighted by atomic mass is 10.1. The summed E-state index contributed by atoms with van der Waals surface area (Å²) in [4.78, 5) is 17.1. The predicted octanol–water partition coefficient (Wildman–Crippen LogP) is 2.01. The van der Waals surface area contributed by atoms with Crippen LogP contribution in [0, 0.1) is 0 Å². The molecule has 0 fully saturated rings. The van der Waals surface area contributed by atoms with Gasteiger partial charge in [-0.15, -0.1) is 0 Å². The Hall–Kier alpha value is -2.25. The maximum absolute atomic E-state index is 12.1. The van der Waals surface area contributed by atoms with E-state index in [1.165, 1.54) is 11.9 Å². The van der Waals surface area contributed by atoms with E-state index in [2.05, 4.69) is 15.6 Å². The van der Waals surface area contributed by atoms with E-state index in [-0.39, 0.29) is 12.5 Å². The molecule has 1 aromatic rings. The van der Waals surface area contributed by atoms with Crippen molar-refractivity contribution in [1.82, 2.24) is 15.5 Å².